The minimum atomic E-state index is -6.48. The molecule has 0 saturated carbocycles. The smallest absolute Gasteiger partial charge is 0.381 e. The van der Waals surface area contributed by atoms with Gasteiger partial charge < -0.3 is 9.47 Å². The molecule has 0 atom stereocenters. The van der Waals surface area contributed by atoms with E-state index in [0.29, 0.717) is 6.42 Å². The first kappa shape index (κ1) is 27.4. The van der Waals surface area contributed by atoms with Crippen molar-refractivity contribution in [3.63, 3.8) is 0 Å². The minimum Gasteiger partial charge on any atom is -0.465 e. The second-order valence-electron chi connectivity index (χ2n) is 6.38. The van der Waals surface area contributed by atoms with Crippen molar-refractivity contribution in [2.24, 2.45) is 0 Å². The molecule has 0 aromatic heterocycles. The number of ether oxygens (including phenoxy) is 2. The normalized spacial score (nSPS) is 12.9. The van der Waals surface area contributed by atoms with Crippen molar-refractivity contribution < 1.29 is 54.2 Å². The number of carbonyl (C=O) groups excluding carboxylic acids is 2. The summed E-state index contributed by atoms with van der Waals surface area (Å²) in [4.78, 5) is 22.5. The van der Waals surface area contributed by atoms with Crippen LogP contribution in [0.3, 0.4) is 0 Å². The van der Waals surface area contributed by atoms with Gasteiger partial charge in [-0.2, -0.15) is 26.3 Å². The highest BCUT2D eigenvalue weighted by atomic mass is 19.4. The molecule has 0 aliphatic heterocycles. The van der Waals surface area contributed by atoms with Gasteiger partial charge in [0.2, 0.25) is 0 Å². The van der Waals surface area contributed by atoms with Crippen LogP contribution >= 0.6 is 0 Å². The van der Waals surface area contributed by atoms with E-state index in [1.54, 1.807) is 0 Å². The SMILES string of the molecule is CCCCCCCCCOC(=O)CC(=O)OCC(F)(F)C(F)(F)C(F)(F)C(F)F. The molecule has 0 aromatic carbocycles. The minimum absolute atomic E-state index is 0.0608. The van der Waals surface area contributed by atoms with Crippen LogP contribution in [0.5, 0.6) is 0 Å². The quantitative estimate of drug-likeness (QED) is 0.147. The third-order valence-corrected chi connectivity index (χ3v) is 3.87. The fraction of sp³-hybridized carbons (Fsp3) is 0.882. The monoisotopic (exact) mass is 444 g/mol. The first-order chi connectivity index (χ1) is 13.3. The number of carbonyl (C=O) groups is 2. The Bertz CT molecular complexity index is 512. The van der Waals surface area contributed by atoms with Gasteiger partial charge in [-0.05, 0) is 6.42 Å². The second kappa shape index (κ2) is 12.2. The zero-order valence-corrected chi connectivity index (χ0v) is 15.8. The van der Waals surface area contributed by atoms with Crippen LogP contribution in [0.25, 0.3) is 0 Å². The van der Waals surface area contributed by atoms with Crippen molar-refractivity contribution in [1.29, 1.82) is 0 Å². The highest BCUT2D eigenvalue weighted by Crippen LogP contribution is 2.48. The lowest BCUT2D eigenvalue weighted by Gasteiger charge is -2.31. The van der Waals surface area contributed by atoms with Crippen molar-refractivity contribution in [1.82, 2.24) is 0 Å². The topological polar surface area (TPSA) is 52.6 Å². The van der Waals surface area contributed by atoms with E-state index in [-0.39, 0.29) is 6.61 Å². The molecule has 0 aliphatic rings. The Morgan fingerprint density at radius 1 is 0.793 bits per heavy atom. The van der Waals surface area contributed by atoms with Crippen molar-refractivity contribution in [2.45, 2.75) is 82.5 Å². The molecule has 0 fully saturated rings. The van der Waals surface area contributed by atoms with Gasteiger partial charge in [-0.25, -0.2) is 8.78 Å². The van der Waals surface area contributed by atoms with Crippen molar-refractivity contribution in [3.8, 4) is 0 Å². The maximum Gasteiger partial charge on any atom is 0.381 e. The van der Waals surface area contributed by atoms with Gasteiger partial charge >= 0.3 is 36.1 Å². The maximum atomic E-state index is 13.2. The number of halogens is 8. The fourth-order valence-electron chi connectivity index (χ4n) is 2.11. The number of alkyl halides is 8. The van der Waals surface area contributed by atoms with E-state index in [1.165, 1.54) is 0 Å². The molecular weight excluding hydrogens is 420 g/mol. The predicted molar refractivity (Wildman–Crippen MR) is 85.4 cm³/mol. The average Bonchev–Trinajstić information content (AvgIpc) is 2.61. The Hall–Kier alpha value is -1.62. The summed E-state index contributed by atoms with van der Waals surface area (Å²) in [6.45, 7) is -0.600. The molecule has 12 heteroatoms. The number of unbranched alkanes of at least 4 members (excludes halogenated alkanes) is 6. The van der Waals surface area contributed by atoms with Crippen molar-refractivity contribution in [2.75, 3.05) is 13.2 Å². The van der Waals surface area contributed by atoms with Crippen LogP contribution in [0.2, 0.25) is 0 Å². The summed E-state index contributed by atoms with van der Waals surface area (Å²) in [7, 11) is 0. The molecule has 0 aliphatic carbocycles. The van der Waals surface area contributed by atoms with Crippen LogP contribution in [-0.4, -0.2) is 49.3 Å². The highest BCUT2D eigenvalue weighted by Gasteiger charge is 2.75. The van der Waals surface area contributed by atoms with Gasteiger partial charge in [0.1, 0.15) is 6.42 Å². The lowest BCUT2D eigenvalue weighted by molar-refractivity contribution is -0.344. The fourth-order valence-corrected chi connectivity index (χ4v) is 2.11. The Morgan fingerprint density at radius 2 is 1.28 bits per heavy atom. The Labute approximate surface area is 162 Å². The summed E-state index contributed by atoms with van der Waals surface area (Å²) < 4.78 is 110. The van der Waals surface area contributed by atoms with E-state index < -0.39 is 49.2 Å². The van der Waals surface area contributed by atoms with Gasteiger partial charge in [-0.15, -0.1) is 0 Å². The first-order valence-electron chi connectivity index (χ1n) is 9.02. The molecular formula is C17H24F8O4. The van der Waals surface area contributed by atoms with Gasteiger partial charge in [0, 0.05) is 0 Å². The van der Waals surface area contributed by atoms with Gasteiger partial charge in [-0.3, -0.25) is 9.59 Å². The summed E-state index contributed by atoms with van der Waals surface area (Å²) in [5.74, 6) is -21.5. The van der Waals surface area contributed by atoms with E-state index >= 15 is 0 Å². The van der Waals surface area contributed by atoms with Gasteiger partial charge in [0.25, 0.3) is 0 Å². The number of hydrogen-bond acceptors (Lipinski definition) is 4. The predicted octanol–water partition coefficient (Wildman–Crippen LogP) is 5.38. The Kier molecular flexibility index (Phi) is 11.5. The van der Waals surface area contributed by atoms with Crippen LogP contribution in [0, 0.1) is 0 Å². The molecule has 4 nitrogen and oxygen atoms in total. The molecule has 0 unspecified atom stereocenters. The zero-order chi connectivity index (χ0) is 22.7. The van der Waals surface area contributed by atoms with E-state index in [1.807, 2.05) is 0 Å². The van der Waals surface area contributed by atoms with Crippen LogP contribution in [0.15, 0.2) is 0 Å². The maximum absolute atomic E-state index is 13.2. The molecule has 172 valence electrons. The summed E-state index contributed by atoms with van der Waals surface area (Å²) in [5.41, 5.74) is 0. The largest absolute Gasteiger partial charge is 0.465 e. The Morgan fingerprint density at radius 3 is 1.79 bits per heavy atom. The Balaban J connectivity index is 4.26. The molecule has 0 saturated heterocycles. The highest BCUT2D eigenvalue weighted by molar-refractivity contribution is 5.91. The second-order valence-corrected chi connectivity index (χ2v) is 6.38. The molecule has 0 heterocycles. The number of hydrogen-bond donors (Lipinski definition) is 0. The molecule has 0 rings (SSSR count). The van der Waals surface area contributed by atoms with Crippen LogP contribution < -0.4 is 0 Å². The average molecular weight is 444 g/mol. The standard InChI is InChI=1S/C17H24F8O4/c1-2-3-4-5-6-7-8-9-28-12(26)10-13(27)29-11-15(20,21)17(24,25)16(22,23)14(18)19/h14H,2-11H2,1H3. The van der Waals surface area contributed by atoms with Crippen LogP contribution in [0.1, 0.15) is 58.3 Å². The van der Waals surface area contributed by atoms with E-state index in [9.17, 15) is 44.7 Å². The summed E-state index contributed by atoms with van der Waals surface area (Å²) in [5, 5.41) is 0. The molecule has 0 spiro atoms. The molecule has 0 bridgehead atoms. The molecule has 29 heavy (non-hydrogen) atoms. The van der Waals surface area contributed by atoms with E-state index in [4.69, 9.17) is 0 Å². The lowest BCUT2D eigenvalue weighted by Crippen LogP contribution is -2.59. The van der Waals surface area contributed by atoms with Crippen LogP contribution in [0.4, 0.5) is 35.1 Å². The number of esters is 2. The van der Waals surface area contributed by atoms with E-state index in [0.717, 1.165) is 38.5 Å². The van der Waals surface area contributed by atoms with Gasteiger partial charge in [-0.1, -0.05) is 45.4 Å². The molecule has 0 aromatic rings. The molecule has 0 radical (unpaired) electrons. The third-order valence-electron chi connectivity index (χ3n) is 3.87. The van der Waals surface area contributed by atoms with E-state index in [2.05, 4.69) is 16.4 Å². The van der Waals surface area contributed by atoms with Gasteiger partial charge in [0.05, 0.1) is 6.61 Å². The van der Waals surface area contributed by atoms with Gasteiger partial charge in [0.15, 0.2) is 6.61 Å². The molecule has 0 amide bonds. The lowest BCUT2D eigenvalue weighted by atomic mass is 10.1. The zero-order valence-electron chi connectivity index (χ0n) is 15.8. The third kappa shape index (κ3) is 8.73. The summed E-state index contributed by atoms with van der Waals surface area (Å²) in [6, 6.07) is 0. The first-order valence-corrected chi connectivity index (χ1v) is 9.02. The molecule has 0 N–H and O–H groups in total. The van der Waals surface area contributed by atoms with Crippen molar-refractivity contribution >= 4 is 11.9 Å². The van der Waals surface area contributed by atoms with Crippen LogP contribution in [-0.2, 0) is 19.1 Å². The summed E-state index contributed by atoms with van der Waals surface area (Å²) >= 11 is 0. The van der Waals surface area contributed by atoms with Crippen molar-refractivity contribution in [3.05, 3.63) is 0 Å². The number of rotatable bonds is 15. The summed E-state index contributed by atoms with van der Waals surface area (Å²) in [6.07, 6.45) is 0.150.